The first kappa shape index (κ1) is 21.4. The van der Waals surface area contributed by atoms with Crippen molar-refractivity contribution < 1.29 is 4.74 Å². The van der Waals surface area contributed by atoms with Crippen LogP contribution in [0.15, 0.2) is 45.6 Å². The number of aromatic nitrogens is 5. The topological polar surface area (TPSA) is 83.9 Å². The predicted octanol–water partition coefficient (Wildman–Crippen LogP) is 2.89. The van der Waals surface area contributed by atoms with E-state index in [9.17, 15) is 9.59 Å². The third-order valence-electron chi connectivity index (χ3n) is 5.01. The molecule has 0 bridgehead atoms. The lowest BCUT2D eigenvalue weighted by molar-refractivity contribution is 0.415. The van der Waals surface area contributed by atoms with Crippen molar-refractivity contribution >= 4 is 34.3 Å². The van der Waals surface area contributed by atoms with Crippen LogP contribution in [-0.4, -0.2) is 36.5 Å². The number of nitrogens with zero attached hydrogens (tertiary/aromatic N) is 5. The molecule has 10 heteroatoms. The minimum atomic E-state index is -0.329. The molecule has 3 aromatic heterocycles. The molecule has 0 spiro atoms. The van der Waals surface area contributed by atoms with Gasteiger partial charge in [0.25, 0.3) is 5.56 Å². The number of hydrogen-bond donors (Lipinski definition) is 0. The Morgan fingerprint density at radius 1 is 1.16 bits per heavy atom. The molecule has 0 saturated carbocycles. The summed E-state index contributed by atoms with van der Waals surface area (Å²) in [6.07, 6.45) is 2.28. The quantitative estimate of drug-likeness (QED) is 0.378. The van der Waals surface area contributed by atoms with Crippen LogP contribution in [0, 0.1) is 0 Å². The molecule has 0 atom stereocenters. The summed E-state index contributed by atoms with van der Waals surface area (Å²) >= 11 is 3.37. The molecule has 4 rings (SSSR count). The molecule has 4 aromatic rings. The second-order valence-corrected chi connectivity index (χ2v) is 9.07. The van der Waals surface area contributed by atoms with E-state index in [1.54, 1.807) is 55.2 Å². The molecule has 0 aliphatic rings. The number of benzene rings is 1. The molecule has 0 N–H and O–H groups in total. The van der Waals surface area contributed by atoms with Crippen molar-refractivity contribution in [3.63, 3.8) is 0 Å². The van der Waals surface area contributed by atoms with Crippen molar-refractivity contribution in [3.05, 3.63) is 62.5 Å². The highest BCUT2D eigenvalue weighted by Gasteiger charge is 2.14. The Morgan fingerprint density at radius 3 is 2.68 bits per heavy atom. The summed E-state index contributed by atoms with van der Waals surface area (Å²) in [6.45, 7) is 0.383. The minimum Gasteiger partial charge on any atom is -0.497 e. The molecule has 162 valence electrons. The monoisotopic (exact) mass is 457 g/mol. The van der Waals surface area contributed by atoms with Crippen molar-refractivity contribution in [2.45, 2.75) is 18.7 Å². The van der Waals surface area contributed by atoms with Crippen LogP contribution < -0.4 is 16.0 Å². The van der Waals surface area contributed by atoms with E-state index >= 15 is 0 Å². The van der Waals surface area contributed by atoms with Crippen molar-refractivity contribution in [1.82, 2.24) is 23.7 Å². The molecule has 0 fully saturated rings. The Kier molecular flexibility index (Phi) is 6.28. The zero-order chi connectivity index (χ0) is 22.0. The van der Waals surface area contributed by atoms with Gasteiger partial charge in [0.05, 0.1) is 19.1 Å². The van der Waals surface area contributed by atoms with Crippen LogP contribution in [0.1, 0.15) is 12.1 Å². The number of rotatable bonds is 8. The second-order valence-electron chi connectivity index (χ2n) is 7.10. The van der Waals surface area contributed by atoms with Crippen LogP contribution in [0.3, 0.4) is 0 Å². The fourth-order valence-electron chi connectivity index (χ4n) is 3.33. The molecular weight excluding hydrogens is 434 g/mol. The standard InChI is InChI=1S/C21H23N5O3S2/c1-24-13-22-18-17(24)20(27)26(21(28)25(18)2)9-4-10-30-11-15-12-31-19(23-15)14-5-7-16(29-3)8-6-14/h5-8,12-13H,4,9-11H2,1-3H3. The molecule has 8 nitrogen and oxygen atoms in total. The van der Waals surface area contributed by atoms with Crippen LogP contribution in [0.25, 0.3) is 21.7 Å². The summed E-state index contributed by atoms with van der Waals surface area (Å²) in [4.78, 5) is 34.1. The molecule has 0 unspecified atom stereocenters. The maximum Gasteiger partial charge on any atom is 0.332 e. The SMILES string of the molecule is COc1ccc(-c2nc(CSCCCn3c(=O)c4c(ncn4C)n(C)c3=O)cs2)cc1. The summed E-state index contributed by atoms with van der Waals surface area (Å²) < 4.78 is 9.58. The van der Waals surface area contributed by atoms with Gasteiger partial charge in [0.15, 0.2) is 11.2 Å². The van der Waals surface area contributed by atoms with E-state index in [-0.39, 0.29) is 11.2 Å². The predicted molar refractivity (Wildman–Crippen MR) is 125 cm³/mol. The molecule has 0 aliphatic heterocycles. The lowest BCUT2D eigenvalue weighted by Gasteiger charge is -2.08. The summed E-state index contributed by atoms with van der Waals surface area (Å²) in [5.74, 6) is 2.45. The fourth-order valence-corrected chi connectivity index (χ4v) is 5.10. The third kappa shape index (κ3) is 4.31. The summed E-state index contributed by atoms with van der Waals surface area (Å²) in [5.41, 5.74) is 2.35. The average molecular weight is 458 g/mol. The molecule has 0 radical (unpaired) electrons. The van der Waals surface area contributed by atoms with Gasteiger partial charge < -0.3 is 9.30 Å². The maximum absolute atomic E-state index is 12.7. The second kappa shape index (κ2) is 9.11. The third-order valence-corrected chi connectivity index (χ3v) is 7.03. The van der Waals surface area contributed by atoms with Crippen LogP contribution in [0.5, 0.6) is 5.75 Å². The largest absolute Gasteiger partial charge is 0.497 e. The van der Waals surface area contributed by atoms with Gasteiger partial charge in [-0.15, -0.1) is 11.3 Å². The molecule has 1 aromatic carbocycles. The van der Waals surface area contributed by atoms with Crippen LogP contribution in [-0.2, 0) is 26.4 Å². The molecule has 0 saturated heterocycles. The lowest BCUT2D eigenvalue weighted by Crippen LogP contribution is -2.39. The van der Waals surface area contributed by atoms with Gasteiger partial charge in [-0.1, -0.05) is 0 Å². The number of fused-ring (bicyclic) bond motifs is 1. The first-order chi connectivity index (χ1) is 15.0. The number of thioether (sulfide) groups is 1. The summed E-state index contributed by atoms with van der Waals surface area (Å²) in [5, 5.41) is 3.06. The Bertz CT molecular complexity index is 1320. The molecule has 31 heavy (non-hydrogen) atoms. The zero-order valence-electron chi connectivity index (χ0n) is 17.6. The van der Waals surface area contributed by atoms with E-state index in [1.807, 2.05) is 24.3 Å². The molecule has 0 amide bonds. The van der Waals surface area contributed by atoms with Gasteiger partial charge in [-0.25, -0.2) is 14.8 Å². The Balaban J connectivity index is 1.34. The van der Waals surface area contributed by atoms with Crippen LogP contribution in [0.2, 0.25) is 0 Å². The van der Waals surface area contributed by atoms with E-state index in [2.05, 4.69) is 10.4 Å². The maximum atomic E-state index is 12.7. The number of thiazole rings is 1. The molecule has 0 aliphatic carbocycles. The van der Waals surface area contributed by atoms with Gasteiger partial charge >= 0.3 is 5.69 Å². The smallest absolute Gasteiger partial charge is 0.332 e. The van der Waals surface area contributed by atoms with Crippen molar-refractivity contribution in [2.75, 3.05) is 12.9 Å². The summed E-state index contributed by atoms with van der Waals surface area (Å²) in [6, 6.07) is 7.87. The first-order valence-corrected chi connectivity index (χ1v) is 11.8. The first-order valence-electron chi connectivity index (χ1n) is 9.77. The van der Waals surface area contributed by atoms with E-state index in [0.717, 1.165) is 39.9 Å². The average Bonchev–Trinajstić information content (AvgIpc) is 3.41. The van der Waals surface area contributed by atoms with Gasteiger partial charge in [0, 0.05) is 37.3 Å². The highest BCUT2D eigenvalue weighted by molar-refractivity contribution is 7.98. The van der Waals surface area contributed by atoms with Gasteiger partial charge in [-0.2, -0.15) is 11.8 Å². The Labute approximate surface area is 187 Å². The van der Waals surface area contributed by atoms with E-state index in [0.29, 0.717) is 17.7 Å². The number of aryl methyl sites for hydroxylation is 2. The number of ether oxygens (including phenoxy) is 1. The zero-order valence-corrected chi connectivity index (χ0v) is 19.2. The molecular formula is C21H23N5O3S2. The highest BCUT2D eigenvalue weighted by Crippen LogP contribution is 2.27. The van der Waals surface area contributed by atoms with Gasteiger partial charge in [0.1, 0.15) is 10.8 Å². The van der Waals surface area contributed by atoms with E-state index < -0.39 is 0 Å². The summed E-state index contributed by atoms with van der Waals surface area (Å²) in [7, 11) is 5.06. The number of methoxy groups -OCH3 is 1. The van der Waals surface area contributed by atoms with Crippen molar-refractivity contribution in [2.24, 2.45) is 14.1 Å². The Hall–Kier alpha value is -2.85. The number of imidazole rings is 1. The van der Waals surface area contributed by atoms with E-state index in [4.69, 9.17) is 9.72 Å². The highest BCUT2D eigenvalue weighted by atomic mass is 32.2. The molecule has 3 heterocycles. The number of hydrogen-bond acceptors (Lipinski definition) is 7. The van der Waals surface area contributed by atoms with Crippen LogP contribution in [0.4, 0.5) is 0 Å². The lowest BCUT2D eigenvalue weighted by atomic mass is 10.2. The van der Waals surface area contributed by atoms with E-state index in [1.165, 1.54) is 9.13 Å². The van der Waals surface area contributed by atoms with Crippen molar-refractivity contribution in [1.29, 1.82) is 0 Å². The van der Waals surface area contributed by atoms with Gasteiger partial charge in [-0.3, -0.25) is 13.9 Å². The van der Waals surface area contributed by atoms with Gasteiger partial charge in [0.2, 0.25) is 0 Å². The van der Waals surface area contributed by atoms with Crippen LogP contribution >= 0.6 is 23.1 Å². The normalized spacial score (nSPS) is 11.3. The fraction of sp³-hybridized carbons (Fsp3) is 0.333. The van der Waals surface area contributed by atoms with Gasteiger partial charge in [-0.05, 0) is 36.4 Å². The minimum absolute atomic E-state index is 0.285. The van der Waals surface area contributed by atoms with Crippen molar-refractivity contribution in [3.8, 4) is 16.3 Å². The Morgan fingerprint density at radius 2 is 1.94 bits per heavy atom.